The lowest BCUT2D eigenvalue weighted by molar-refractivity contribution is -0.138. The van der Waals surface area contributed by atoms with Crippen LogP contribution in [0.1, 0.15) is 5.56 Å². The van der Waals surface area contributed by atoms with E-state index < -0.39 is 11.7 Å². The molecule has 1 aromatic rings. The molecule has 1 aliphatic heterocycles. The van der Waals surface area contributed by atoms with Gasteiger partial charge in [-0.25, -0.2) is 9.97 Å². The smallest absolute Gasteiger partial charge is 0.395 e. The molecule has 2 rings (SSSR count). The molecule has 1 amide bonds. The predicted molar refractivity (Wildman–Crippen MR) is 62.9 cm³/mol. The Balaban J connectivity index is 2.05. The molecular formula is C11H13F3N4O2. The number of alkyl halides is 3. The summed E-state index contributed by atoms with van der Waals surface area (Å²) in [6.45, 7) is 0.912. The Hall–Kier alpha value is -1.90. The van der Waals surface area contributed by atoms with Crippen LogP contribution in [0.5, 0.6) is 0 Å². The summed E-state index contributed by atoms with van der Waals surface area (Å²) in [5.41, 5.74) is -0.925. The summed E-state index contributed by atoms with van der Waals surface area (Å²) in [6.07, 6.45) is -3.08. The molecule has 0 bridgehead atoms. The molecule has 1 saturated heterocycles. The van der Waals surface area contributed by atoms with E-state index >= 15 is 0 Å². The third kappa shape index (κ3) is 3.16. The van der Waals surface area contributed by atoms with Gasteiger partial charge in [0, 0.05) is 32.0 Å². The third-order valence-electron chi connectivity index (χ3n) is 2.94. The van der Waals surface area contributed by atoms with Crippen LogP contribution in [0.25, 0.3) is 0 Å². The van der Waals surface area contributed by atoms with Crippen molar-refractivity contribution in [2.75, 3.05) is 37.7 Å². The SMILES string of the molecule is O=C1CN(c2ncc(C(F)(F)F)cn2)CCN1CCO. The monoisotopic (exact) mass is 290 g/mol. The number of aromatic nitrogens is 2. The molecule has 0 atom stereocenters. The third-order valence-corrected chi connectivity index (χ3v) is 2.94. The first kappa shape index (κ1) is 14.5. The lowest BCUT2D eigenvalue weighted by atomic mass is 10.3. The van der Waals surface area contributed by atoms with Crippen LogP contribution >= 0.6 is 0 Å². The number of aliphatic hydroxyl groups excluding tert-OH is 1. The molecule has 9 heteroatoms. The van der Waals surface area contributed by atoms with E-state index in [-0.39, 0.29) is 31.6 Å². The van der Waals surface area contributed by atoms with Crippen LogP contribution in [0.2, 0.25) is 0 Å². The van der Waals surface area contributed by atoms with Crippen LogP contribution in [0.3, 0.4) is 0 Å². The van der Waals surface area contributed by atoms with Crippen molar-refractivity contribution >= 4 is 11.9 Å². The largest absolute Gasteiger partial charge is 0.419 e. The first-order valence-corrected chi connectivity index (χ1v) is 5.94. The van der Waals surface area contributed by atoms with Gasteiger partial charge in [0.05, 0.1) is 18.7 Å². The minimum atomic E-state index is -4.48. The maximum Gasteiger partial charge on any atom is 0.419 e. The number of piperazine rings is 1. The second-order valence-corrected chi connectivity index (χ2v) is 4.30. The number of hydrogen-bond donors (Lipinski definition) is 1. The molecule has 0 saturated carbocycles. The fraction of sp³-hybridized carbons (Fsp3) is 0.545. The highest BCUT2D eigenvalue weighted by atomic mass is 19.4. The van der Waals surface area contributed by atoms with E-state index in [9.17, 15) is 18.0 Å². The van der Waals surface area contributed by atoms with Gasteiger partial charge in [0.25, 0.3) is 0 Å². The lowest BCUT2D eigenvalue weighted by Crippen LogP contribution is -2.51. The normalized spacial score (nSPS) is 16.7. The molecule has 110 valence electrons. The molecule has 1 aromatic heterocycles. The van der Waals surface area contributed by atoms with Crippen molar-refractivity contribution in [2.24, 2.45) is 0 Å². The minimum absolute atomic E-state index is 0.00857. The first-order valence-electron chi connectivity index (χ1n) is 5.94. The summed E-state index contributed by atoms with van der Waals surface area (Å²) >= 11 is 0. The van der Waals surface area contributed by atoms with Gasteiger partial charge in [0.2, 0.25) is 11.9 Å². The number of β-amino-alcohol motifs (C(OH)–C–C–N with tert-alkyl or cyclic N) is 1. The number of rotatable bonds is 3. The summed E-state index contributed by atoms with van der Waals surface area (Å²) in [7, 11) is 0. The van der Waals surface area contributed by atoms with Gasteiger partial charge in [0.1, 0.15) is 0 Å². The number of carbonyl (C=O) groups is 1. The van der Waals surface area contributed by atoms with E-state index in [1.165, 1.54) is 9.80 Å². The average molecular weight is 290 g/mol. The van der Waals surface area contributed by atoms with E-state index in [0.29, 0.717) is 25.5 Å². The quantitative estimate of drug-likeness (QED) is 0.857. The van der Waals surface area contributed by atoms with Crippen molar-refractivity contribution in [3.05, 3.63) is 18.0 Å². The summed E-state index contributed by atoms with van der Waals surface area (Å²) in [4.78, 5) is 22.0. The van der Waals surface area contributed by atoms with Crippen LogP contribution in [-0.4, -0.2) is 58.7 Å². The van der Waals surface area contributed by atoms with Gasteiger partial charge in [-0.2, -0.15) is 13.2 Å². The second kappa shape index (κ2) is 5.61. The second-order valence-electron chi connectivity index (χ2n) is 4.30. The fourth-order valence-corrected chi connectivity index (χ4v) is 1.87. The highest BCUT2D eigenvalue weighted by molar-refractivity contribution is 5.82. The van der Waals surface area contributed by atoms with Crippen molar-refractivity contribution < 1.29 is 23.1 Å². The maximum atomic E-state index is 12.4. The molecule has 0 unspecified atom stereocenters. The van der Waals surface area contributed by atoms with Crippen molar-refractivity contribution in [3.63, 3.8) is 0 Å². The van der Waals surface area contributed by atoms with Gasteiger partial charge < -0.3 is 14.9 Å². The van der Waals surface area contributed by atoms with E-state index in [4.69, 9.17) is 5.11 Å². The van der Waals surface area contributed by atoms with Gasteiger partial charge in [0.15, 0.2) is 0 Å². The Bertz CT molecular complexity index is 478. The maximum absolute atomic E-state index is 12.4. The zero-order valence-electron chi connectivity index (χ0n) is 10.5. The Labute approximate surface area is 112 Å². The molecule has 1 aliphatic rings. The molecule has 0 aromatic carbocycles. The van der Waals surface area contributed by atoms with E-state index in [1.807, 2.05) is 0 Å². The van der Waals surface area contributed by atoms with Gasteiger partial charge in [-0.3, -0.25) is 4.79 Å². The molecule has 0 aliphatic carbocycles. The number of carbonyl (C=O) groups excluding carboxylic acids is 1. The molecular weight excluding hydrogens is 277 g/mol. The average Bonchev–Trinajstić information content (AvgIpc) is 2.40. The molecule has 2 heterocycles. The minimum Gasteiger partial charge on any atom is -0.395 e. The van der Waals surface area contributed by atoms with Gasteiger partial charge in [-0.1, -0.05) is 0 Å². The number of halogens is 3. The zero-order chi connectivity index (χ0) is 14.8. The molecule has 1 fully saturated rings. The van der Waals surface area contributed by atoms with Crippen LogP contribution in [-0.2, 0) is 11.0 Å². The highest BCUT2D eigenvalue weighted by Crippen LogP contribution is 2.28. The topological polar surface area (TPSA) is 69.6 Å². The first-order chi connectivity index (χ1) is 9.41. The number of nitrogens with zero attached hydrogens (tertiary/aromatic N) is 4. The molecule has 0 radical (unpaired) electrons. The molecule has 6 nitrogen and oxygen atoms in total. The van der Waals surface area contributed by atoms with Crippen molar-refractivity contribution in [1.29, 1.82) is 0 Å². The Kier molecular flexibility index (Phi) is 4.07. The van der Waals surface area contributed by atoms with Crippen LogP contribution in [0.15, 0.2) is 12.4 Å². The Morgan fingerprint density at radius 1 is 1.25 bits per heavy atom. The van der Waals surface area contributed by atoms with E-state index in [0.717, 1.165) is 0 Å². The molecule has 1 N–H and O–H groups in total. The summed E-state index contributed by atoms with van der Waals surface area (Å²) in [5, 5.41) is 8.79. The fourth-order valence-electron chi connectivity index (χ4n) is 1.87. The van der Waals surface area contributed by atoms with Crippen LogP contribution < -0.4 is 4.90 Å². The number of anilines is 1. The number of hydrogen-bond acceptors (Lipinski definition) is 5. The van der Waals surface area contributed by atoms with Crippen LogP contribution in [0.4, 0.5) is 19.1 Å². The summed E-state index contributed by atoms with van der Waals surface area (Å²) < 4.78 is 37.1. The highest BCUT2D eigenvalue weighted by Gasteiger charge is 2.32. The van der Waals surface area contributed by atoms with E-state index in [1.54, 1.807) is 0 Å². The number of amides is 1. The van der Waals surface area contributed by atoms with Gasteiger partial charge in [-0.15, -0.1) is 0 Å². The Morgan fingerprint density at radius 3 is 2.40 bits per heavy atom. The zero-order valence-corrected chi connectivity index (χ0v) is 10.5. The summed E-state index contributed by atoms with van der Waals surface area (Å²) in [5.74, 6) is -0.121. The van der Waals surface area contributed by atoms with Crippen molar-refractivity contribution in [1.82, 2.24) is 14.9 Å². The summed E-state index contributed by atoms with van der Waals surface area (Å²) in [6, 6.07) is 0. The Morgan fingerprint density at radius 2 is 1.90 bits per heavy atom. The van der Waals surface area contributed by atoms with Crippen molar-refractivity contribution in [3.8, 4) is 0 Å². The van der Waals surface area contributed by atoms with Gasteiger partial charge in [-0.05, 0) is 0 Å². The molecule has 20 heavy (non-hydrogen) atoms. The van der Waals surface area contributed by atoms with Crippen molar-refractivity contribution in [2.45, 2.75) is 6.18 Å². The molecule has 0 spiro atoms. The van der Waals surface area contributed by atoms with Crippen LogP contribution in [0, 0.1) is 0 Å². The lowest BCUT2D eigenvalue weighted by Gasteiger charge is -2.33. The predicted octanol–water partition coefficient (Wildman–Crippen LogP) is 0.136. The standard InChI is InChI=1S/C11H13F3N4O2/c12-11(13,14)8-5-15-10(16-6-8)18-2-1-17(3-4-19)9(20)7-18/h5-6,19H,1-4,7H2. The van der Waals surface area contributed by atoms with Gasteiger partial charge >= 0.3 is 6.18 Å². The number of aliphatic hydroxyl groups is 1. The van der Waals surface area contributed by atoms with E-state index in [2.05, 4.69) is 9.97 Å².